The number of hydrogen-bond donors (Lipinski definition) is 0. The Morgan fingerprint density at radius 1 is 0.875 bits per heavy atom. The lowest BCUT2D eigenvalue weighted by atomic mass is 9.82. The minimum absolute atomic E-state index is 0.589. The van der Waals surface area contributed by atoms with Crippen LogP contribution in [0.4, 0.5) is 0 Å². The number of benzene rings is 2. The van der Waals surface area contributed by atoms with Gasteiger partial charge in [0, 0.05) is 0 Å². The first kappa shape index (κ1) is 15.6. The van der Waals surface area contributed by atoms with Crippen molar-refractivity contribution in [1.82, 2.24) is 5.06 Å². The highest BCUT2D eigenvalue weighted by atomic mass is 16.5. The highest BCUT2D eigenvalue weighted by molar-refractivity contribution is 6.08. The van der Waals surface area contributed by atoms with Gasteiger partial charge in [-0.25, -0.2) is 0 Å². The lowest BCUT2D eigenvalue weighted by molar-refractivity contribution is -0.264. The molecular formula is C21H23N2O. The van der Waals surface area contributed by atoms with Crippen LogP contribution >= 0.6 is 0 Å². The van der Waals surface area contributed by atoms with Crippen LogP contribution in [0.3, 0.4) is 0 Å². The lowest BCUT2D eigenvalue weighted by Crippen LogP contribution is -2.52. The molecule has 1 atom stereocenters. The summed E-state index contributed by atoms with van der Waals surface area (Å²) >= 11 is 0. The van der Waals surface area contributed by atoms with Crippen LogP contribution in [0.5, 0.6) is 0 Å². The maximum absolute atomic E-state index is 13.6. The van der Waals surface area contributed by atoms with E-state index in [4.69, 9.17) is 4.99 Å². The van der Waals surface area contributed by atoms with Crippen LogP contribution in [0.1, 0.15) is 50.2 Å². The third kappa shape index (κ3) is 2.23. The largest absolute Gasteiger partial charge is 0.262 e. The second-order valence-corrected chi connectivity index (χ2v) is 7.10. The SMILES string of the molecule is CC1(c2ccccc2)C(c2ccccc2)=NC2(CCCCC2)N1[O]. The van der Waals surface area contributed by atoms with Gasteiger partial charge in [0.15, 0.2) is 0 Å². The molecular weight excluding hydrogens is 296 g/mol. The molecule has 123 valence electrons. The van der Waals surface area contributed by atoms with Crippen molar-refractivity contribution in [3.63, 3.8) is 0 Å². The summed E-state index contributed by atoms with van der Waals surface area (Å²) in [5.74, 6) is 0. The van der Waals surface area contributed by atoms with Crippen molar-refractivity contribution in [2.75, 3.05) is 0 Å². The van der Waals surface area contributed by atoms with Crippen molar-refractivity contribution in [1.29, 1.82) is 0 Å². The fraction of sp³-hybridized carbons (Fsp3) is 0.381. The van der Waals surface area contributed by atoms with Crippen LogP contribution in [-0.4, -0.2) is 16.4 Å². The highest BCUT2D eigenvalue weighted by Gasteiger charge is 2.56. The molecule has 24 heavy (non-hydrogen) atoms. The van der Waals surface area contributed by atoms with E-state index in [1.807, 2.05) is 55.5 Å². The van der Waals surface area contributed by atoms with Crippen LogP contribution in [0.25, 0.3) is 0 Å². The Kier molecular flexibility index (Phi) is 3.78. The van der Waals surface area contributed by atoms with Crippen LogP contribution < -0.4 is 0 Å². The van der Waals surface area contributed by atoms with Crippen molar-refractivity contribution in [2.45, 2.75) is 50.2 Å². The topological polar surface area (TPSA) is 35.5 Å². The van der Waals surface area contributed by atoms with E-state index in [1.54, 1.807) is 0 Å². The van der Waals surface area contributed by atoms with E-state index in [0.29, 0.717) is 0 Å². The van der Waals surface area contributed by atoms with Gasteiger partial charge in [-0.05, 0) is 43.7 Å². The predicted molar refractivity (Wildman–Crippen MR) is 95.1 cm³/mol. The molecule has 1 unspecified atom stereocenters. The Morgan fingerprint density at radius 3 is 2.08 bits per heavy atom. The molecule has 1 fully saturated rings. The maximum Gasteiger partial charge on any atom is 0.140 e. The number of aliphatic imine (C=N–C) groups is 1. The molecule has 4 rings (SSSR count). The molecule has 1 spiro atoms. The van der Waals surface area contributed by atoms with Crippen LogP contribution in [0.15, 0.2) is 65.7 Å². The van der Waals surface area contributed by atoms with E-state index in [-0.39, 0.29) is 0 Å². The monoisotopic (exact) mass is 319 g/mol. The summed E-state index contributed by atoms with van der Waals surface area (Å²) in [7, 11) is 0. The summed E-state index contributed by atoms with van der Waals surface area (Å²) in [5.41, 5.74) is 1.65. The Hall–Kier alpha value is -1.97. The fourth-order valence-corrected chi connectivity index (χ4v) is 4.27. The van der Waals surface area contributed by atoms with Gasteiger partial charge in [-0.15, -0.1) is 10.3 Å². The number of rotatable bonds is 2. The Labute approximate surface area is 143 Å². The van der Waals surface area contributed by atoms with Gasteiger partial charge in [0.2, 0.25) is 0 Å². The van der Waals surface area contributed by atoms with Gasteiger partial charge < -0.3 is 0 Å². The van der Waals surface area contributed by atoms with Crippen molar-refractivity contribution in [3.05, 3.63) is 71.8 Å². The molecule has 3 nitrogen and oxygen atoms in total. The average molecular weight is 319 g/mol. The zero-order chi connectivity index (χ0) is 16.6. The van der Waals surface area contributed by atoms with Gasteiger partial charge in [0.25, 0.3) is 0 Å². The minimum Gasteiger partial charge on any atom is -0.262 e. The Bertz CT molecular complexity index is 735. The maximum atomic E-state index is 13.6. The molecule has 3 heteroatoms. The molecule has 1 saturated carbocycles. The molecule has 1 aliphatic carbocycles. The van der Waals surface area contributed by atoms with Gasteiger partial charge in [0.05, 0.1) is 5.71 Å². The van der Waals surface area contributed by atoms with Crippen LogP contribution in [-0.2, 0) is 10.7 Å². The summed E-state index contributed by atoms with van der Waals surface area (Å²) in [5, 5.41) is 14.9. The zero-order valence-electron chi connectivity index (χ0n) is 14.1. The summed E-state index contributed by atoms with van der Waals surface area (Å²) in [4.78, 5) is 5.09. The van der Waals surface area contributed by atoms with Crippen molar-refractivity contribution >= 4 is 5.71 Å². The van der Waals surface area contributed by atoms with E-state index >= 15 is 0 Å². The van der Waals surface area contributed by atoms with E-state index in [2.05, 4.69) is 12.1 Å². The molecule has 1 heterocycles. The van der Waals surface area contributed by atoms with E-state index in [1.165, 1.54) is 11.5 Å². The molecule has 2 aliphatic rings. The second-order valence-electron chi connectivity index (χ2n) is 7.10. The number of nitrogens with zero attached hydrogens (tertiary/aromatic N) is 2. The van der Waals surface area contributed by atoms with Gasteiger partial charge in [-0.1, -0.05) is 67.1 Å². The molecule has 0 saturated heterocycles. The van der Waals surface area contributed by atoms with Crippen LogP contribution in [0, 0.1) is 0 Å². The summed E-state index contributed by atoms with van der Waals surface area (Å²) in [6.07, 6.45) is 5.07. The van der Waals surface area contributed by atoms with Gasteiger partial charge in [0.1, 0.15) is 11.2 Å². The van der Waals surface area contributed by atoms with Gasteiger partial charge in [-0.3, -0.25) is 4.99 Å². The normalized spacial score (nSPS) is 26.5. The van der Waals surface area contributed by atoms with E-state index in [9.17, 15) is 5.21 Å². The summed E-state index contributed by atoms with van der Waals surface area (Å²) < 4.78 is 0. The first-order valence-corrected chi connectivity index (χ1v) is 8.86. The first-order valence-electron chi connectivity index (χ1n) is 8.86. The standard InChI is InChI=1S/C21H23N2O/c1-20(18-13-7-3-8-14-18)19(17-11-5-2-6-12-17)22-21(23(20)24)15-9-4-10-16-21/h2-3,5-8,11-14H,4,9-10,15-16H2,1H3. The highest BCUT2D eigenvalue weighted by Crippen LogP contribution is 2.48. The van der Waals surface area contributed by atoms with E-state index < -0.39 is 11.2 Å². The molecule has 2 aromatic carbocycles. The van der Waals surface area contributed by atoms with Gasteiger partial charge in [-0.2, -0.15) is 0 Å². The number of hydroxylamine groups is 2. The zero-order valence-corrected chi connectivity index (χ0v) is 14.1. The Morgan fingerprint density at radius 2 is 1.46 bits per heavy atom. The third-order valence-corrected chi connectivity index (χ3v) is 5.60. The predicted octanol–water partition coefficient (Wildman–Crippen LogP) is 4.71. The second kappa shape index (κ2) is 5.83. The average Bonchev–Trinajstić information content (AvgIpc) is 2.87. The van der Waals surface area contributed by atoms with E-state index in [0.717, 1.165) is 42.5 Å². The lowest BCUT2D eigenvalue weighted by Gasteiger charge is -2.40. The first-order chi connectivity index (χ1) is 11.7. The molecule has 0 aromatic heterocycles. The van der Waals surface area contributed by atoms with Crippen molar-refractivity contribution < 1.29 is 5.21 Å². The minimum atomic E-state index is -0.736. The van der Waals surface area contributed by atoms with Gasteiger partial charge >= 0.3 is 0 Å². The van der Waals surface area contributed by atoms with Crippen molar-refractivity contribution in [2.24, 2.45) is 4.99 Å². The fourth-order valence-electron chi connectivity index (χ4n) is 4.27. The molecule has 2 aromatic rings. The third-order valence-electron chi connectivity index (χ3n) is 5.60. The smallest absolute Gasteiger partial charge is 0.140 e. The van der Waals surface area contributed by atoms with Crippen molar-refractivity contribution in [3.8, 4) is 0 Å². The summed E-state index contributed by atoms with van der Waals surface area (Å²) in [6.45, 7) is 2.03. The molecule has 0 amide bonds. The number of hydrogen-bond acceptors (Lipinski definition) is 2. The molecule has 0 bridgehead atoms. The van der Waals surface area contributed by atoms with Crippen LogP contribution in [0.2, 0.25) is 0 Å². The molecule has 1 aliphatic heterocycles. The quantitative estimate of drug-likeness (QED) is 0.789. The summed E-state index contributed by atoms with van der Waals surface area (Å²) in [6, 6.07) is 20.3. The molecule has 1 radical (unpaired) electrons. The Balaban J connectivity index is 1.89. The molecule has 0 N–H and O–H groups in total.